The molecule has 0 aliphatic heterocycles. The average Bonchev–Trinajstić information content (AvgIpc) is 0.722. The van der Waals surface area contributed by atoms with Gasteiger partial charge in [0.15, 0.2) is 0 Å². The number of rotatable bonds is 0. The van der Waals surface area contributed by atoms with Crippen LogP contribution < -0.4 is 18.9 Å². The molecule has 0 spiro atoms. The third kappa shape index (κ3) is 352. The maximum absolute atomic E-state index is 8.80. The van der Waals surface area contributed by atoms with Crippen LogP contribution in [0.25, 0.3) is 0 Å². The third-order valence-corrected chi connectivity index (χ3v) is 0. The van der Waals surface area contributed by atoms with E-state index in [-0.39, 0.29) is 27.7 Å². The Morgan fingerprint density at radius 1 is 1.29 bits per heavy atom. The second kappa shape index (κ2) is 4.79. The molecule has 0 fully saturated rings. The molecule has 0 saturated heterocycles. The zero-order chi connectivity index (χ0) is 4.50. The van der Waals surface area contributed by atoms with Gasteiger partial charge in [0.05, 0.1) is 0 Å². The summed E-state index contributed by atoms with van der Waals surface area (Å²) in [5.74, 6) is 0. The fourth-order valence-corrected chi connectivity index (χ4v) is 0. The van der Waals surface area contributed by atoms with E-state index in [2.05, 4.69) is 0 Å². The molecule has 0 unspecified atom stereocenters. The molecule has 0 aromatic carbocycles. The Morgan fingerprint density at radius 3 is 1.29 bits per heavy atom. The zero-order valence-electron chi connectivity index (χ0n) is 4.09. The van der Waals surface area contributed by atoms with Crippen molar-refractivity contribution in [3.63, 3.8) is 0 Å². The van der Waals surface area contributed by atoms with Crippen molar-refractivity contribution in [2.75, 3.05) is 0 Å². The Bertz CT molecular complexity index is 99.2. The quantitative estimate of drug-likeness (QED) is 0.345. The van der Waals surface area contributed by atoms with Crippen molar-refractivity contribution < 1.29 is 49.7 Å². The van der Waals surface area contributed by atoms with Crippen molar-refractivity contribution in [3.8, 4) is 0 Å². The van der Waals surface area contributed by atoms with E-state index in [0.29, 0.717) is 0 Å². The van der Waals surface area contributed by atoms with E-state index in [1.54, 1.807) is 0 Å². The third-order valence-electron chi connectivity index (χ3n) is 0. The molecular formula is CH7LiMnO4. The van der Waals surface area contributed by atoms with E-state index in [9.17, 15) is 0 Å². The van der Waals surface area contributed by atoms with E-state index in [0.717, 1.165) is 0 Å². The average molecular weight is 145 g/mol. The molecular weight excluding hydrogens is 138 g/mol. The van der Waals surface area contributed by atoms with Gasteiger partial charge in [0.25, 0.3) is 0 Å². The van der Waals surface area contributed by atoms with Crippen LogP contribution >= 0.6 is 0 Å². The Labute approximate surface area is 57.5 Å². The second-order valence-electron chi connectivity index (χ2n) is 0.415. The van der Waals surface area contributed by atoms with E-state index < -0.39 is 13.4 Å². The van der Waals surface area contributed by atoms with Crippen molar-refractivity contribution in [2.45, 2.75) is 7.43 Å². The van der Waals surface area contributed by atoms with Crippen LogP contribution in [-0.2, 0) is 21.0 Å². The minimum atomic E-state index is -5.12. The Hall–Kier alpha value is 0.637. The van der Waals surface area contributed by atoms with Gasteiger partial charge in [-0.15, -0.1) is 0 Å². The van der Waals surface area contributed by atoms with Crippen molar-refractivity contribution in [1.29, 1.82) is 0 Å². The zero-order valence-corrected chi connectivity index (χ0v) is 4.27. The van der Waals surface area contributed by atoms with Gasteiger partial charge in [-0.05, 0) is 0 Å². The molecule has 0 heterocycles. The molecule has 0 radical (unpaired) electrons. The first-order valence-corrected chi connectivity index (χ1v) is 2.67. The van der Waals surface area contributed by atoms with Gasteiger partial charge in [-0.3, -0.25) is 0 Å². The molecule has 0 amide bonds. The first-order chi connectivity index (χ1) is 2.00. The van der Waals surface area contributed by atoms with Gasteiger partial charge in [-0.25, -0.2) is 0 Å². The first-order valence-electron chi connectivity index (χ1n) is 0.647. The molecule has 4 nitrogen and oxygen atoms in total. The van der Waals surface area contributed by atoms with Gasteiger partial charge in [0, 0.05) is 0 Å². The fourth-order valence-electron chi connectivity index (χ4n) is 0. The van der Waals surface area contributed by atoms with Crippen molar-refractivity contribution in [2.24, 2.45) is 0 Å². The van der Waals surface area contributed by atoms with Crippen LogP contribution in [0.5, 0.6) is 0 Å². The molecule has 2 N–H and O–H groups in total. The van der Waals surface area contributed by atoms with Crippen LogP contribution in [0.2, 0.25) is 0 Å². The van der Waals surface area contributed by atoms with Crippen LogP contribution in [0.3, 0.4) is 0 Å². The summed E-state index contributed by atoms with van der Waals surface area (Å²) in [5, 5.41) is 0. The molecule has 0 atom stereocenters. The van der Waals surface area contributed by atoms with Crippen LogP contribution in [0, 0.1) is 0 Å². The van der Waals surface area contributed by atoms with Crippen molar-refractivity contribution >= 4 is 0 Å². The molecule has 0 aliphatic carbocycles. The molecule has 0 bridgehead atoms. The normalized spacial score (nSPS) is 8.29. The Morgan fingerprint density at radius 2 is 1.29 bits per heavy atom. The van der Waals surface area contributed by atoms with Gasteiger partial charge < -0.3 is 1.43 Å². The van der Waals surface area contributed by atoms with Crippen molar-refractivity contribution in [1.82, 2.24) is 0 Å². The van der Waals surface area contributed by atoms with Crippen molar-refractivity contribution in [3.05, 3.63) is 0 Å². The molecule has 6 heteroatoms. The predicted octanol–water partition coefficient (Wildman–Crippen LogP) is -3.60. The van der Waals surface area contributed by atoms with Crippen LogP contribution in [0.15, 0.2) is 0 Å². The van der Waals surface area contributed by atoms with Crippen LogP contribution in [-0.4, -0.2) is 8.38 Å². The van der Waals surface area contributed by atoms with Gasteiger partial charge >= 0.3 is 48.3 Å². The van der Waals surface area contributed by atoms with E-state index in [1.807, 2.05) is 0 Å². The summed E-state index contributed by atoms with van der Waals surface area (Å²) in [6.07, 6.45) is 0. The standard InChI is InChI=1S/CH4.Li.Mn.2H2O.2O.H/h1H4;;;2*1H2;;;/q;+1;+2;;;;;-1/p-2. The summed E-state index contributed by atoms with van der Waals surface area (Å²) in [4.78, 5) is 0. The summed E-state index contributed by atoms with van der Waals surface area (Å²) in [5.41, 5.74) is 0. The van der Waals surface area contributed by atoms with E-state index >= 15 is 0 Å². The monoisotopic (exact) mass is 145 g/mol. The molecule has 0 aromatic heterocycles. The number of hydrogen-bond acceptors (Lipinski definition) is 2. The molecule has 0 saturated carbocycles. The minimum absolute atomic E-state index is 0. The molecule has 0 rings (SSSR count). The van der Waals surface area contributed by atoms with Crippen LogP contribution in [0.1, 0.15) is 8.85 Å². The second-order valence-corrected chi connectivity index (χ2v) is 1.71. The molecule has 43 valence electrons. The summed E-state index contributed by atoms with van der Waals surface area (Å²) in [6, 6.07) is 0. The molecule has 0 aliphatic rings. The molecule has 7 heavy (non-hydrogen) atoms. The van der Waals surface area contributed by atoms with Gasteiger partial charge in [-0.2, -0.15) is 0 Å². The predicted molar refractivity (Wildman–Crippen MR) is 13.7 cm³/mol. The van der Waals surface area contributed by atoms with Crippen LogP contribution in [0.4, 0.5) is 0 Å². The number of hydrogen-bond donors (Lipinski definition) is 2. The maximum atomic E-state index is 8.80. The SMILES string of the molecule is C.[H-].[Li+].[O]=[Mn](=[O])([OH])[OH]. The summed E-state index contributed by atoms with van der Waals surface area (Å²) >= 11 is -5.12. The summed E-state index contributed by atoms with van der Waals surface area (Å²) < 4.78 is 31.8. The first kappa shape index (κ1) is 15.6. The van der Waals surface area contributed by atoms with E-state index in [1.165, 1.54) is 0 Å². The van der Waals surface area contributed by atoms with Gasteiger partial charge in [-0.1, -0.05) is 7.43 Å². The topological polar surface area (TPSA) is 74.6 Å². The summed E-state index contributed by atoms with van der Waals surface area (Å²) in [6.45, 7) is 0. The van der Waals surface area contributed by atoms with Gasteiger partial charge in [0.2, 0.25) is 0 Å². The fraction of sp³-hybridized carbons (Fsp3) is 1.00. The Kier molecular flexibility index (Phi) is 10.7. The Balaban J connectivity index is -0.0000000267. The molecule has 0 aromatic rings. The van der Waals surface area contributed by atoms with Gasteiger partial charge in [0.1, 0.15) is 0 Å². The summed E-state index contributed by atoms with van der Waals surface area (Å²) in [7, 11) is 0. The van der Waals surface area contributed by atoms with E-state index in [4.69, 9.17) is 16.0 Å².